The second-order valence-corrected chi connectivity index (χ2v) is 4.33. The van der Waals surface area contributed by atoms with Crippen molar-refractivity contribution in [2.24, 2.45) is 10.8 Å². The maximum absolute atomic E-state index is 10.8. The molecule has 6 nitrogen and oxygen atoms in total. The molecule has 0 saturated carbocycles. The molecule has 7 heteroatoms. The molecular weight excluding hydrogens is 276 g/mol. The van der Waals surface area contributed by atoms with E-state index in [9.17, 15) is 4.79 Å². The zero-order chi connectivity index (χ0) is 14.5. The molecule has 1 aromatic carbocycles. The van der Waals surface area contributed by atoms with Crippen molar-refractivity contribution in [3.8, 4) is 5.69 Å². The number of nitrogens with zero attached hydrogens (tertiary/aromatic N) is 2. The summed E-state index contributed by atoms with van der Waals surface area (Å²) in [6, 6.07) is 10.3. The van der Waals surface area contributed by atoms with Crippen LogP contribution in [0.1, 0.15) is 16.1 Å². The van der Waals surface area contributed by atoms with Gasteiger partial charge in [-0.15, -0.1) is 0 Å². The predicted molar refractivity (Wildman–Crippen MR) is 80.2 cm³/mol. The minimum absolute atomic E-state index is 0.0881. The Bertz CT molecular complexity index is 661. The Morgan fingerprint density at radius 2 is 2.05 bits per heavy atom. The molecule has 0 spiro atoms. The number of hydrazone groups is 1. The van der Waals surface area contributed by atoms with Gasteiger partial charge in [-0.1, -0.05) is 0 Å². The van der Waals surface area contributed by atoms with Crippen LogP contribution in [-0.4, -0.2) is 27.0 Å². The molecule has 20 heavy (non-hydrogen) atoms. The minimum Gasteiger partial charge on any atom is -0.478 e. The number of rotatable bonds is 4. The molecule has 0 fully saturated rings. The SMILES string of the molecule is NC(=S)N/N=C/c1cccn1-c1ccc(C(=O)O)cc1. The smallest absolute Gasteiger partial charge is 0.335 e. The number of hydrogen-bond acceptors (Lipinski definition) is 3. The van der Waals surface area contributed by atoms with E-state index in [-0.39, 0.29) is 10.7 Å². The van der Waals surface area contributed by atoms with E-state index < -0.39 is 5.97 Å². The average molecular weight is 288 g/mol. The number of nitrogens with one attached hydrogen (secondary N) is 1. The number of hydrogen-bond donors (Lipinski definition) is 3. The number of aromatic nitrogens is 1. The summed E-state index contributed by atoms with van der Waals surface area (Å²) in [5, 5.41) is 12.8. The fourth-order valence-corrected chi connectivity index (χ4v) is 1.71. The molecule has 0 amide bonds. The summed E-state index contributed by atoms with van der Waals surface area (Å²) in [6.45, 7) is 0. The van der Waals surface area contributed by atoms with Crippen LogP contribution in [0.2, 0.25) is 0 Å². The summed E-state index contributed by atoms with van der Waals surface area (Å²) in [5.74, 6) is -0.952. The number of nitrogens with two attached hydrogens (primary N) is 1. The number of aromatic carboxylic acids is 1. The summed E-state index contributed by atoms with van der Waals surface area (Å²) in [4.78, 5) is 10.8. The Balaban J connectivity index is 2.25. The fraction of sp³-hybridized carbons (Fsp3) is 0. The third kappa shape index (κ3) is 3.21. The van der Waals surface area contributed by atoms with Gasteiger partial charge in [0, 0.05) is 11.9 Å². The van der Waals surface area contributed by atoms with Gasteiger partial charge in [0.2, 0.25) is 0 Å². The quantitative estimate of drug-likeness (QED) is 0.448. The first kappa shape index (κ1) is 13.8. The van der Waals surface area contributed by atoms with E-state index in [0.29, 0.717) is 0 Å². The van der Waals surface area contributed by atoms with Crippen molar-refractivity contribution in [2.75, 3.05) is 0 Å². The van der Waals surface area contributed by atoms with Crippen LogP contribution < -0.4 is 11.2 Å². The maximum Gasteiger partial charge on any atom is 0.335 e. The number of thiocarbonyl (C=S) groups is 1. The predicted octanol–water partition coefficient (Wildman–Crippen LogP) is 1.34. The third-order valence-electron chi connectivity index (χ3n) is 2.54. The molecule has 2 aromatic rings. The molecule has 0 aliphatic rings. The number of benzene rings is 1. The summed E-state index contributed by atoms with van der Waals surface area (Å²) in [6.07, 6.45) is 3.42. The van der Waals surface area contributed by atoms with Crippen molar-refractivity contribution in [3.05, 3.63) is 53.9 Å². The monoisotopic (exact) mass is 288 g/mol. The highest BCUT2D eigenvalue weighted by Gasteiger charge is 2.04. The average Bonchev–Trinajstić information content (AvgIpc) is 2.87. The van der Waals surface area contributed by atoms with Crippen molar-refractivity contribution in [1.82, 2.24) is 9.99 Å². The van der Waals surface area contributed by atoms with Gasteiger partial charge in [0.15, 0.2) is 5.11 Å². The maximum atomic E-state index is 10.8. The lowest BCUT2D eigenvalue weighted by Crippen LogP contribution is -2.24. The van der Waals surface area contributed by atoms with E-state index >= 15 is 0 Å². The molecule has 0 saturated heterocycles. The van der Waals surface area contributed by atoms with Crippen molar-refractivity contribution in [1.29, 1.82) is 0 Å². The Labute approximate surface area is 120 Å². The fourth-order valence-electron chi connectivity index (χ4n) is 1.66. The lowest BCUT2D eigenvalue weighted by molar-refractivity contribution is 0.0697. The Kier molecular flexibility index (Phi) is 4.11. The van der Waals surface area contributed by atoms with Crippen LogP contribution in [-0.2, 0) is 0 Å². The van der Waals surface area contributed by atoms with Gasteiger partial charge in [-0.2, -0.15) is 5.10 Å². The van der Waals surface area contributed by atoms with E-state index in [1.807, 2.05) is 22.9 Å². The highest BCUT2D eigenvalue weighted by Crippen LogP contribution is 2.13. The summed E-state index contributed by atoms with van der Waals surface area (Å²) in [5.41, 5.74) is 9.62. The van der Waals surface area contributed by atoms with Crippen LogP contribution in [0.5, 0.6) is 0 Å². The molecule has 2 rings (SSSR count). The molecule has 0 radical (unpaired) electrons. The van der Waals surface area contributed by atoms with E-state index in [2.05, 4.69) is 22.7 Å². The van der Waals surface area contributed by atoms with Gasteiger partial charge in [0.1, 0.15) is 0 Å². The van der Waals surface area contributed by atoms with Crippen LogP contribution in [0.4, 0.5) is 0 Å². The first-order valence-corrected chi connectivity index (χ1v) is 6.08. The largest absolute Gasteiger partial charge is 0.478 e. The number of carboxylic acids is 1. The minimum atomic E-state index is -0.952. The molecule has 0 aliphatic carbocycles. The molecule has 102 valence electrons. The molecule has 0 unspecified atom stereocenters. The van der Waals surface area contributed by atoms with Gasteiger partial charge in [0.05, 0.1) is 17.5 Å². The first-order valence-electron chi connectivity index (χ1n) is 5.67. The molecule has 1 heterocycles. The number of carboxylic acid groups (broad SMARTS) is 1. The molecule has 4 N–H and O–H groups in total. The van der Waals surface area contributed by atoms with Gasteiger partial charge in [-0.05, 0) is 48.6 Å². The summed E-state index contributed by atoms with van der Waals surface area (Å²) >= 11 is 4.65. The molecule has 1 aromatic heterocycles. The van der Waals surface area contributed by atoms with Crippen molar-refractivity contribution < 1.29 is 9.90 Å². The summed E-state index contributed by atoms with van der Waals surface area (Å²) < 4.78 is 1.86. The third-order valence-corrected chi connectivity index (χ3v) is 2.64. The van der Waals surface area contributed by atoms with Crippen LogP contribution in [0.3, 0.4) is 0 Å². The molecule has 0 aliphatic heterocycles. The second kappa shape index (κ2) is 5.98. The van der Waals surface area contributed by atoms with Crippen LogP contribution in [0.15, 0.2) is 47.7 Å². The topological polar surface area (TPSA) is 92.6 Å². The zero-order valence-corrected chi connectivity index (χ0v) is 11.2. The van der Waals surface area contributed by atoms with E-state index in [1.54, 1.807) is 30.5 Å². The van der Waals surface area contributed by atoms with Crippen molar-refractivity contribution in [3.63, 3.8) is 0 Å². The number of carbonyl (C=O) groups is 1. The summed E-state index contributed by atoms with van der Waals surface area (Å²) in [7, 11) is 0. The normalized spacial score (nSPS) is 10.6. The van der Waals surface area contributed by atoms with Gasteiger partial charge in [-0.3, -0.25) is 5.43 Å². The van der Waals surface area contributed by atoms with E-state index in [1.165, 1.54) is 0 Å². The zero-order valence-electron chi connectivity index (χ0n) is 10.4. The lowest BCUT2D eigenvalue weighted by atomic mass is 10.2. The standard InChI is InChI=1S/C13H12N4O2S/c14-13(20)16-15-8-11-2-1-7-17(11)10-5-3-9(4-6-10)12(18)19/h1-8H,(H,18,19)(H3,14,16,20)/b15-8+. The molecule has 0 atom stereocenters. The molecule has 0 bridgehead atoms. The van der Waals surface area contributed by atoms with Crippen molar-refractivity contribution in [2.45, 2.75) is 0 Å². The Morgan fingerprint density at radius 1 is 1.35 bits per heavy atom. The van der Waals surface area contributed by atoms with Gasteiger partial charge >= 0.3 is 5.97 Å². The lowest BCUT2D eigenvalue weighted by Gasteiger charge is -2.06. The highest BCUT2D eigenvalue weighted by molar-refractivity contribution is 7.80. The van der Waals surface area contributed by atoms with Crippen LogP contribution in [0, 0.1) is 0 Å². The van der Waals surface area contributed by atoms with Gasteiger partial charge in [0.25, 0.3) is 0 Å². The highest BCUT2D eigenvalue weighted by atomic mass is 32.1. The van der Waals surface area contributed by atoms with Crippen molar-refractivity contribution >= 4 is 29.5 Å². The van der Waals surface area contributed by atoms with Gasteiger partial charge < -0.3 is 15.4 Å². The Hall–Kier alpha value is -2.67. The van der Waals surface area contributed by atoms with Crippen LogP contribution in [0.25, 0.3) is 5.69 Å². The van der Waals surface area contributed by atoms with Crippen LogP contribution >= 0.6 is 12.2 Å². The first-order chi connectivity index (χ1) is 9.58. The van der Waals surface area contributed by atoms with E-state index in [0.717, 1.165) is 11.4 Å². The second-order valence-electron chi connectivity index (χ2n) is 3.89. The van der Waals surface area contributed by atoms with Gasteiger partial charge in [-0.25, -0.2) is 4.79 Å². The van der Waals surface area contributed by atoms with E-state index in [4.69, 9.17) is 10.8 Å². The Morgan fingerprint density at radius 3 is 2.65 bits per heavy atom. The molecular formula is C13H12N4O2S.